The molecular weight excluding hydrogens is 367 g/mol. The van der Waals surface area contributed by atoms with Crippen LogP contribution in [0, 0.1) is 5.41 Å². The average molecular weight is 385 g/mol. The number of carboxylic acid groups (broad SMARTS) is 1. The molecule has 0 spiro atoms. The zero-order valence-electron chi connectivity index (χ0n) is 14.4. The van der Waals surface area contributed by atoms with Gasteiger partial charge in [0.15, 0.2) is 5.69 Å². The molecule has 1 unspecified atom stereocenters. The number of nitrogens with one attached hydrogen (secondary N) is 1. The molecule has 7 nitrogen and oxygen atoms in total. The van der Waals surface area contributed by atoms with Crippen molar-refractivity contribution in [3.63, 3.8) is 0 Å². The van der Waals surface area contributed by atoms with Gasteiger partial charge in [0.05, 0.1) is 5.41 Å². The van der Waals surface area contributed by atoms with Crippen LogP contribution in [0.1, 0.15) is 35.8 Å². The van der Waals surface area contributed by atoms with Crippen molar-refractivity contribution in [2.24, 2.45) is 5.41 Å². The summed E-state index contributed by atoms with van der Waals surface area (Å²) >= 11 is 0. The van der Waals surface area contributed by atoms with Crippen LogP contribution in [0.4, 0.5) is 13.2 Å². The highest BCUT2D eigenvalue weighted by Gasteiger charge is 2.45. The molecule has 2 aromatic rings. The number of carboxylic acids is 1. The number of halogens is 3. The molecule has 3 heterocycles. The normalized spacial score (nSPS) is 18.2. The zero-order chi connectivity index (χ0) is 19.8. The van der Waals surface area contributed by atoms with Crippen molar-refractivity contribution in [2.75, 3.05) is 13.2 Å². The van der Waals surface area contributed by atoms with Crippen LogP contribution in [0.2, 0.25) is 0 Å². The highest BCUT2D eigenvalue weighted by molar-refractivity contribution is 5.95. The van der Waals surface area contributed by atoms with Gasteiger partial charge < -0.3 is 19.6 Å². The number of alkyl halides is 3. The first-order chi connectivity index (χ1) is 12.6. The number of imidazole rings is 1. The topological polar surface area (TPSA) is 92.9 Å². The zero-order valence-corrected chi connectivity index (χ0v) is 14.4. The van der Waals surface area contributed by atoms with E-state index in [1.165, 1.54) is 22.7 Å². The summed E-state index contributed by atoms with van der Waals surface area (Å²) < 4.78 is 44.7. The highest BCUT2D eigenvalue weighted by atomic mass is 19.4. The summed E-state index contributed by atoms with van der Waals surface area (Å²) in [5, 5.41) is 12.3. The molecule has 1 aliphatic heterocycles. The number of rotatable bonds is 4. The summed E-state index contributed by atoms with van der Waals surface area (Å²) in [6.07, 6.45) is -1.92. The van der Waals surface area contributed by atoms with Crippen LogP contribution in [0.3, 0.4) is 0 Å². The molecule has 0 aromatic carbocycles. The van der Waals surface area contributed by atoms with Gasteiger partial charge in [0.25, 0.3) is 5.91 Å². The van der Waals surface area contributed by atoms with Crippen molar-refractivity contribution < 1.29 is 32.6 Å². The molecule has 1 amide bonds. The fourth-order valence-electron chi connectivity index (χ4n) is 3.25. The molecule has 10 heteroatoms. The van der Waals surface area contributed by atoms with Gasteiger partial charge >= 0.3 is 12.1 Å². The maximum Gasteiger partial charge on any atom is 0.434 e. The lowest BCUT2D eigenvalue weighted by Crippen LogP contribution is -2.53. The van der Waals surface area contributed by atoms with Crippen molar-refractivity contribution in [3.05, 3.63) is 35.8 Å². The van der Waals surface area contributed by atoms with E-state index in [1.54, 1.807) is 6.92 Å². The van der Waals surface area contributed by atoms with Gasteiger partial charge in [-0.2, -0.15) is 13.2 Å². The number of hydrogen-bond acceptors (Lipinski definition) is 4. The van der Waals surface area contributed by atoms with Crippen LogP contribution in [0.15, 0.2) is 24.5 Å². The summed E-state index contributed by atoms with van der Waals surface area (Å²) in [5.41, 5.74) is -2.13. The number of fused-ring (bicyclic) bond motifs is 1. The molecule has 0 aliphatic carbocycles. The smallest absolute Gasteiger partial charge is 0.434 e. The van der Waals surface area contributed by atoms with Gasteiger partial charge in [-0.25, -0.2) is 4.98 Å². The van der Waals surface area contributed by atoms with Gasteiger partial charge in [-0.3, -0.25) is 9.59 Å². The summed E-state index contributed by atoms with van der Waals surface area (Å²) in [7, 11) is 0. The monoisotopic (exact) mass is 385 g/mol. The third-order valence-corrected chi connectivity index (χ3v) is 5.00. The van der Waals surface area contributed by atoms with Crippen LogP contribution in [-0.4, -0.2) is 45.6 Å². The second-order valence-corrected chi connectivity index (χ2v) is 6.57. The molecule has 146 valence electrons. The molecule has 0 bridgehead atoms. The van der Waals surface area contributed by atoms with E-state index in [2.05, 4.69) is 10.3 Å². The van der Waals surface area contributed by atoms with Crippen LogP contribution in [0.5, 0.6) is 0 Å². The fourth-order valence-corrected chi connectivity index (χ4v) is 3.25. The number of aliphatic carboxylic acids is 1. The molecule has 0 radical (unpaired) electrons. The molecule has 1 fully saturated rings. The standard InChI is InChI=1S/C17H18F3N3O4/c1-10(16(15(25)26)3-6-27-7-4-16)21-14(24)11-2-5-23-9-12(17(18,19)20)22-13(23)8-11/h2,5,8-10H,3-4,6-7H2,1H3,(H,21,24)(H,25,26). The van der Waals surface area contributed by atoms with E-state index in [-0.39, 0.29) is 37.3 Å². The minimum atomic E-state index is -4.58. The summed E-state index contributed by atoms with van der Waals surface area (Å²) in [6, 6.07) is 1.90. The molecule has 1 saturated heterocycles. The van der Waals surface area contributed by atoms with Crippen LogP contribution < -0.4 is 5.32 Å². The Labute approximate surface area is 152 Å². The van der Waals surface area contributed by atoms with Crippen molar-refractivity contribution in [3.8, 4) is 0 Å². The molecule has 2 aromatic heterocycles. The number of nitrogens with zero attached hydrogens (tertiary/aromatic N) is 2. The van der Waals surface area contributed by atoms with E-state index >= 15 is 0 Å². The molecule has 0 saturated carbocycles. The lowest BCUT2D eigenvalue weighted by molar-refractivity contribution is -0.157. The quantitative estimate of drug-likeness (QED) is 0.843. The van der Waals surface area contributed by atoms with E-state index in [4.69, 9.17) is 4.74 Å². The number of aromatic nitrogens is 2. The minimum absolute atomic E-state index is 0.0263. The summed E-state index contributed by atoms with van der Waals surface area (Å²) in [4.78, 5) is 27.8. The molecule has 2 N–H and O–H groups in total. The van der Waals surface area contributed by atoms with Crippen molar-refractivity contribution in [1.29, 1.82) is 0 Å². The Morgan fingerprint density at radius 3 is 2.63 bits per heavy atom. The third-order valence-electron chi connectivity index (χ3n) is 5.00. The first-order valence-electron chi connectivity index (χ1n) is 8.31. The second kappa shape index (κ2) is 6.84. The van der Waals surface area contributed by atoms with Gasteiger partial charge in [-0.15, -0.1) is 0 Å². The first kappa shape index (κ1) is 19.2. The lowest BCUT2D eigenvalue weighted by Gasteiger charge is -2.38. The van der Waals surface area contributed by atoms with E-state index < -0.39 is 35.2 Å². The predicted molar refractivity (Wildman–Crippen MR) is 87.2 cm³/mol. The first-order valence-corrected chi connectivity index (χ1v) is 8.31. The van der Waals surface area contributed by atoms with Crippen molar-refractivity contribution in [1.82, 2.24) is 14.7 Å². The number of carbonyl (C=O) groups is 2. The summed E-state index contributed by atoms with van der Waals surface area (Å²) in [5.74, 6) is -1.59. The fraction of sp³-hybridized carbons (Fsp3) is 0.471. The third kappa shape index (κ3) is 3.61. The summed E-state index contributed by atoms with van der Waals surface area (Å²) in [6.45, 7) is 2.17. The number of pyridine rings is 1. The number of carbonyl (C=O) groups excluding carboxylic acids is 1. The number of amides is 1. The van der Waals surface area contributed by atoms with E-state index in [0.29, 0.717) is 0 Å². The largest absolute Gasteiger partial charge is 0.481 e. The van der Waals surface area contributed by atoms with Gasteiger partial charge in [0.2, 0.25) is 0 Å². The predicted octanol–water partition coefficient (Wildman–Crippen LogP) is 2.35. The molecule has 1 atom stereocenters. The number of ether oxygens (including phenoxy) is 1. The van der Waals surface area contributed by atoms with Gasteiger partial charge in [0.1, 0.15) is 5.65 Å². The molecule has 27 heavy (non-hydrogen) atoms. The molecule has 1 aliphatic rings. The maximum atomic E-state index is 12.8. The molecule has 3 rings (SSSR count). The van der Waals surface area contributed by atoms with E-state index in [9.17, 15) is 27.9 Å². The van der Waals surface area contributed by atoms with Crippen LogP contribution in [0.25, 0.3) is 5.65 Å². The second-order valence-electron chi connectivity index (χ2n) is 6.57. The highest BCUT2D eigenvalue weighted by Crippen LogP contribution is 2.35. The minimum Gasteiger partial charge on any atom is -0.481 e. The van der Waals surface area contributed by atoms with Crippen molar-refractivity contribution >= 4 is 17.5 Å². The SMILES string of the molecule is CC(NC(=O)c1ccn2cc(C(F)(F)F)nc2c1)C1(C(=O)O)CCOCC1. The van der Waals surface area contributed by atoms with Crippen LogP contribution in [-0.2, 0) is 15.7 Å². The number of hydrogen-bond donors (Lipinski definition) is 2. The van der Waals surface area contributed by atoms with Crippen molar-refractivity contribution in [2.45, 2.75) is 32.0 Å². The van der Waals surface area contributed by atoms with Gasteiger partial charge in [-0.1, -0.05) is 0 Å². The average Bonchev–Trinajstić information content (AvgIpc) is 3.05. The Kier molecular flexibility index (Phi) is 4.85. The van der Waals surface area contributed by atoms with Crippen LogP contribution >= 0.6 is 0 Å². The Morgan fingerprint density at radius 1 is 1.37 bits per heavy atom. The Balaban J connectivity index is 1.82. The van der Waals surface area contributed by atoms with E-state index in [0.717, 1.165) is 6.20 Å². The van der Waals surface area contributed by atoms with E-state index in [1.807, 2.05) is 0 Å². The lowest BCUT2D eigenvalue weighted by atomic mass is 9.74. The maximum absolute atomic E-state index is 12.8. The molecular formula is C17H18F3N3O4. The van der Waals surface area contributed by atoms with Gasteiger partial charge in [0, 0.05) is 37.2 Å². The van der Waals surface area contributed by atoms with Gasteiger partial charge in [-0.05, 0) is 31.9 Å². The Morgan fingerprint density at radius 2 is 2.04 bits per heavy atom. The Hall–Kier alpha value is -2.62. The Bertz CT molecular complexity index is 872.